The standard InChI is InChI=1S/C17H24N2/c1-12-6-8-13(9-7-12)15(10-18)16-11-19-17-5-3-2-4-14(16)17/h2-5,11-13,15,19H,6-10,18H2,1H3. The van der Waals surface area contributed by atoms with E-state index in [-0.39, 0.29) is 0 Å². The Hall–Kier alpha value is -1.28. The smallest absolute Gasteiger partial charge is 0.0456 e. The van der Waals surface area contributed by atoms with E-state index in [4.69, 9.17) is 5.73 Å². The van der Waals surface area contributed by atoms with Crippen molar-refractivity contribution in [3.63, 3.8) is 0 Å². The zero-order valence-electron chi connectivity index (χ0n) is 11.7. The molecule has 1 unspecified atom stereocenters. The van der Waals surface area contributed by atoms with Crippen molar-refractivity contribution in [1.82, 2.24) is 4.98 Å². The molecule has 1 aliphatic rings. The molecule has 1 saturated carbocycles. The molecule has 2 heteroatoms. The van der Waals surface area contributed by atoms with E-state index >= 15 is 0 Å². The lowest BCUT2D eigenvalue weighted by molar-refractivity contribution is 0.256. The zero-order chi connectivity index (χ0) is 13.2. The molecule has 1 aromatic heterocycles. The predicted octanol–water partition coefficient (Wildman–Crippen LogP) is 4.04. The topological polar surface area (TPSA) is 41.8 Å². The largest absolute Gasteiger partial charge is 0.361 e. The van der Waals surface area contributed by atoms with E-state index in [0.717, 1.165) is 18.4 Å². The summed E-state index contributed by atoms with van der Waals surface area (Å²) < 4.78 is 0. The van der Waals surface area contributed by atoms with E-state index in [1.807, 2.05) is 0 Å². The third kappa shape index (κ3) is 2.42. The highest BCUT2D eigenvalue weighted by molar-refractivity contribution is 5.83. The Morgan fingerprint density at radius 2 is 1.95 bits per heavy atom. The van der Waals surface area contributed by atoms with Gasteiger partial charge in [0.1, 0.15) is 0 Å². The summed E-state index contributed by atoms with van der Waals surface area (Å²) in [6.07, 6.45) is 7.58. The second-order valence-corrected chi connectivity index (χ2v) is 6.15. The fraction of sp³-hybridized carbons (Fsp3) is 0.529. The first-order chi connectivity index (χ1) is 9.29. The van der Waals surface area contributed by atoms with Gasteiger partial charge in [0.15, 0.2) is 0 Å². The molecule has 1 aromatic carbocycles. The van der Waals surface area contributed by atoms with E-state index in [0.29, 0.717) is 5.92 Å². The summed E-state index contributed by atoms with van der Waals surface area (Å²) >= 11 is 0. The number of para-hydroxylation sites is 1. The second-order valence-electron chi connectivity index (χ2n) is 6.15. The number of hydrogen-bond acceptors (Lipinski definition) is 1. The Kier molecular flexibility index (Phi) is 3.61. The minimum Gasteiger partial charge on any atom is -0.361 e. The molecule has 1 aliphatic carbocycles. The molecule has 3 N–H and O–H groups in total. The van der Waals surface area contributed by atoms with Crippen molar-refractivity contribution in [1.29, 1.82) is 0 Å². The van der Waals surface area contributed by atoms with Crippen LogP contribution in [0.4, 0.5) is 0 Å². The van der Waals surface area contributed by atoms with Crippen molar-refractivity contribution in [2.45, 2.75) is 38.5 Å². The highest BCUT2D eigenvalue weighted by atomic mass is 14.7. The van der Waals surface area contributed by atoms with Gasteiger partial charge in [-0.1, -0.05) is 38.0 Å². The number of rotatable bonds is 3. The van der Waals surface area contributed by atoms with Crippen LogP contribution < -0.4 is 5.73 Å². The fourth-order valence-corrected chi connectivity index (χ4v) is 3.66. The lowest BCUT2D eigenvalue weighted by Gasteiger charge is -2.32. The maximum absolute atomic E-state index is 6.11. The van der Waals surface area contributed by atoms with Crippen LogP contribution >= 0.6 is 0 Å². The summed E-state index contributed by atoms with van der Waals surface area (Å²) in [5.74, 6) is 2.18. The van der Waals surface area contributed by atoms with Crippen molar-refractivity contribution < 1.29 is 0 Å². The number of hydrogen-bond donors (Lipinski definition) is 2. The highest BCUT2D eigenvalue weighted by Crippen LogP contribution is 2.39. The van der Waals surface area contributed by atoms with Gasteiger partial charge in [-0.25, -0.2) is 0 Å². The van der Waals surface area contributed by atoms with Gasteiger partial charge in [0.05, 0.1) is 0 Å². The second kappa shape index (κ2) is 5.38. The summed E-state index contributed by atoms with van der Waals surface area (Å²) in [6, 6.07) is 8.57. The Bertz CT molecular complexity index is 535. The third-order valence-corrected chi connectivity index (χ3v) is 4.90. The first-order valence-corrected chi connectivity index (χ1v) is 7.55. The molecule has 2 aromatic rings. The SMILES string of the molecule is CC1CCC(C(CN)c2c[nH]c3ccccc23)CC1. The predicted molar refractivity (Wildman–Crippen MR) is 81.2 cm³/mol. The van der Waals surface area contributed by atoms with Crippen molar-refractivity contribution in [3.8, 4) is 0 Å². The Labute approximate surface area is 115 Å². The van der Waals surface area contributed by atoms with E-state index in [2.05, 4.69) is 42.4 Å². The first-order valence-electron chi connectivity index (χ1n) is 7.55. The average molecular weight is 256 g/mol. The summed E-state index contributed by atoms with van der Waals surface area (Å²) in [5.41, 5.74) is 8.77. The van der Waals surface area contributed by atoms with Crippen molar-refractivity contribution >= 4 is 10.9 Å². The van der Waals surface area contributed by atoms with Crippen LogP contribution in [0.3, 0.4) is 0 Å². The first kappa shape index (κ1) is 12.7. The van der Waals surface area contributed by atoms with Gasteiger partial charge in [-0.15, -0.1) is 0 Å². The minimum absolute atomic E-state index is 0.517. The van der Waals surface area contributed by atoms with Crippen LogP contribution in [0.1, 0.15) is 44.1 Å². The number of nitrogens with one attached hydrogen (secondary N) is 1. The molecule has 0 spiro atoms. The highest BCUT2D eigenvalue weighted by Gasteiger charge is 2.27. The van der Waals surface area contributed by atoms with Gasteiger partial charge in [-0.05, 0) is 42.9 Å². The van der Waals surface area contributed by atoms with Gasteiger partial charge in [0.2, 0.25) is 0 Å². The number of fused-ring (bicyclic) bond motifs is 1. The van der Waals surface area contributed by atoms with Crippen LogP contribution in [0.2, 0.25) is 0 Å². The summed E-state index contributed by atoms with van der Waals surface area (Å²) in [6.45, 7) is 3.14. The molecule has 102 valence electrons. The summed E-state index contributed by atoms with van der Waals surface area (Å²) in [7, 11) is 0. The fourth-order valence-electron chi connectivity index (χ4n) is 3.66. The van der Waals surface area contributed by atoms with Crippen molar-refractivity contribution in [2.24, 2.45) is 17.6 Å². The quantitative estimate of drug-likeness (QED) is 0.855. The van der Waals surface area contributed by atoms with Gasteiger partial charge in [0.25, 0.3) is 0 Å². The zero-order valence-corrected chi connectivity index (χ0v) is 11.7. The van der Waals surface area contributed by atoms with Crippen LogP contribution in [0.5, 0.6) is 0 Å². The van der Waals surface area contributed by atoms with Crippen molar-refractivity contribution in [3.05, 3.63) is 36.0 Å². The van der Waals surface area contributed by atoms with Gasteiger partial charge < -0.3 is 10.7 Å². The number of aromatic amines is 1. The van der Waals surface area contributed by atoms with Crippen LogP contribution in [-0.2, 0) is 0 Å². The molecule has 0 aliphatic heterocycles. The Morgan fingerprint density at radius 3 is 2.68 bits per heavy atom. The molecule has 1 atom stereocenters. The number of benzene rings is 1. The van der Waals surface area contributed by atoms with E-state index < -0.39 is 0 Å². The molecule has 19 heavy (non-hydrogen) atoms. The molecular weight excluding hydrogens is 232 g/mol. The average Bonchev–Trinajstić information content (AvgIpc) is 2.86. The monoisotopic (exact) mass is 256 g/mol. The molecule has 0 bridgehead atoms. The third-order valence-electron chi connectivity index (χ3n) is 4.90. The van der Waals surface area contributed by atoms with Gasteiger partial charge in [-0.2, -0.15) is 0 Å². The number of aromatic nitrogens is 1. The lowest BCUT2D eigenvalue weighted by Crippen LogP contribution is -2.25. The van der Waals surface area contributed by atoms with Crippen LogP contribution in [-0.4, -0.2) is 11.5 Å². The van der Waals surface area contributed by atoms with Gasteiger partial charge in [0, 0.05) is 23.0 Å². The maximum Gasteiger partial charge on any atom is 0.0456 e. The van der Waals surface area contributed by atoms with Gasteiger partial charge in [-0.3, -0.25) is 0 Å². The van der Waals surface area contributed by atoms with Crippen molar-refractivity contribution in [2.75, 3.05) is 6.54 Å². The summed E-state index contributed by atoms with van der Waals surface area (Å²) in [4.78, 5) is 3.40. The van der Waals surface area contributed by atoms with Crippen LogP contribution in [0, 0.1) is 11.8 Å². The molecule has 0 amide bonds. The number of nitrogens with two attached hydrogens (primary N) is 1. The molecule has 1 fully saturated rings. The lowest BCUT2D eigenvalue weighted by atomic mass is 9.74. The van der Waals surface area contributed by atoms with E-state index in [1.165, 1.54) is 42.1 Å². The molecule has 3 rings (SSSR count). The van der Waals surface area contributed by atoms with E-state index in [9.17, 15) is 0 Å². The number of H-pyrrole nitrogens is 1. The van der Waals surface area contributed by atoms with Crippen LogP contribution in [0.15, 0.2) is 30.5 Å². The van der Waals surface area contributed by atoms with Gasteiger partial charge >= 0.3 is 0 Å². The molecular formula is C17H24N2. The molecule has 1 heterocycles. The summed E-state index contributed by atoms with van der Waals surface area (Å²) in [5, 5.41) is 1.36. The molecule has 2 nitrogen and oxygen atoms in total. The van der Waals surface area contributed by atoms with Crippen LogP contribution in [0.25, 0.3) is 10.9 Å². The molecule has 0 saturated heterocycles. The Morgan fingerprint density at radius 1 is 1.21 bits per heavy atom. The minimum atomic E-state index is 0.517. The van der Waals surface area contributed by atoms with E-state index in [1.54, 1.807) is 0 Å². The Balaban J connectivity index is 1.89. The maximum atomic E-state index is 6.11. The molecule has 0 radical (unpaired) electrons. The normalized spacial score (nSPS) is 25.6.